The Balaban J connectivity index is 2.97. The molecular weight excluding hydrogens is 326 g/mol. The van der Waals surface area contributed by atoms with Gasteiger partial charge in [0, 0.05) is 11.6 Å². The normalized spacial score (nSPS) is 11.5. The Bertz CT molecular complexity index is 562. The van der Waals surface area contributed by atoms with Crippen LogP contribution in [0, 0.1) is 0 Å². The molecule has 0 spiro atoms. The fraction of sp³-hybridized carbons (Fsp3) is 0.556. The zero-order chi connectivity index (χ0) is 18.8. The lowest BCUT2D eigenvalue weighted by Crippen LogP contribution is -2.36. The van der Waals surface area contributed by atoms with Crippen molar-refractivity contribution in [2.75, 3.05) is 21.3 Å². The number of hydrogen-bond donors (Lipinski definition) is 2. The predicted molar refractivity (Wildman–Crippen MR) is 93.7 cm³/mol. The van der Waals surface area contributed by atoms with Crippen molar-refractivity contribution in [2.24, 2.45) is 0 Å². The molecule has 0 aliphatic carbocycles. The number of hydrogen-bond acceptors (Lipinski definition) is 5. The van der Waals surface area contributed by atoms with E-state index in [4.69, 9.17) is 19.3 Å². The summed E-state index contributed by atoms with van der Waals surface area (Å²) in [5, 5.41) is 11.8. The van der Waals surface area contributed by atoms with E-state index in [1.807, 2.05) is 0 Å². The molecule has 2 N–H and O–H groups in total. The number of aliphatic carboxylic acids is 1. The third kappa shape index (κ3) is 6.17. The van der Waals surface area contributed by atoms with Crippen molar-refractivity contribution in [3.8, 4) is 17.2 Å². The first kappa shape index (κ1) is 20.6. The first-order chi connectivity index (χ1) is 12.0. The minimum Gasteiger partial charge on any atom is -0.493 e. The van der Waals surface area contributed by atoms with Gasteiger partial charge < -0.3 is 24.6 Å². The Labute approximate surface area is 148 Å². The topological polar surface area (TPSA) is 94.1 Å². The van der Waals surface area contributed by atoms with E-state index < -0.39 is 12.0 Å². The molecule has 0 fully saturated rings. The molecule has 1 rings (SSSR count). The average Bonchev–Trinajstić information content (AvgIpc) is 2.59. The second-order valence-corrected chi connectivity index (χ2v) is 5.68. The minimum absolute atomic E-state index is 0.111. The summed E-state index contributed by atoms with van der Waals surface area (Å²) < 4.78 is 15.7. The molecular formula is C18H27NO6. The summed E-state index contributed by atoms with van der Waals surface area (Å²) in [6.45, 7) is 2.07. The highest BCUT2D eigenvalue weighted by Gasteiger charge is 2.20. The van der Waals surface area contributed by atoms with Gasteiger partial charge in [-0.05, 0) is 18.6 Å². The first-order valence-electron chi connectivity index (χ1n) is 8.29. The van der Waals surface area contributed by atoms with Crippen LogP contribution in [0.15, 0.2) is 12.1 Å². The summed E-state index contributed by atoms with van der Waals surface area (Å²) in [5.41, 5.74) is 0.320. The van der Waals surface area contributed by atoms with Crippen LogP contribution in [0.5, 0.6) is 17.2 Å². The highest BCUT2D eigenvalue weighted by molar-refractivity contribution is 5.96. The number of carboxylic acids is 1. The molecule has 140 valence electrons. The van der Waals surface area contributed by atoms with Gasteiger partial charge in [0.15, 0.2) is 11.5 Å². The largest absolute Gasteiger partial charge is 0.493 e. The lowest BCUT2D eigenvalue weighted by atomic mass is 10.0. The molecule has 0 saturated heterocycles. The number of amides is 1. The Hall–Kier alpha value is -2.44. The Morgan fingerprint density at radius 2 is 1.68 bits per heavy atom. The van der Waals surface area contributed by atoms with Crippen LogP contribution in [0.2, 0.25) is 0 Å². The second kappa shape index (κ2) is 10.4. The molecule has 1 aromatic rings. The molecule has 0 radical (unpaired) electrons. The molecule has 0 saturated carbocycles. The minimum atomic E-state index is -0.938. The number of carbonyl (C=O) groups is 2. The molecule has 7 heteroatoms. The number of carboxylic acid groups (broad SMARTS) is 1. The second-order valence-electron chi connectivity index (χ2n) is 5.68. The predicted octanol–water partition coefficient (Wildman–Crippen LogP) is 2.87. The van der Waals surface area contributed by atoms with E-state index in [1.165, 1.54) is 21.3 Å². The number of ether oxygens (including phenoxy) is 3. The summed E-state index contributed by atoms with van der Waals surface area (Å²) in [5.74, 6) is -0.180. The third-order valence-corrected chi connectivity index (χ3v) is 3.84. The fourth-order valence-corrected chi connectivity index (χ4v) is 2.56. The number of unbranched alkanes of at least 4 members (excludes halogenated alkanes) is 2. The number of carbonyl (C=O) groups excluding carboxylic acids is 1. The summed E-state index contributed by atoms with van der Waals surface area (Å²) >= 11 is 0. The average molecular weight is 353 g/mol. The molecule has 1 aromatic carbocycles. The van der Waals surface area contributed by atoms with Crippen LogP contribution in [0.4, 0.5) is 0 Å². The van der Waals surface area contributed by atoms with Crippen LogP contribution in [0.25, 0.3) is 0 Å². The molecule has 0 aromatic heterocycles. The van der Waals surface area contributed by atoms with Gasteiger partial charge in [0.1, 0.15) is 0 Å². The maximum atomic E-state index is 12.5. The Morgan fingerprint density at radius 1 is 1.08 bits per heavy atom. The zero-order valence-corrected chi connectivity index (χ0v) is 15.3. The highest BCUT2D eigenvalue weighted by atomic mass is 16.5. The van der Waals surface area contributed by atoms with Gasteiger partial charge in [0.05, 0.1) is 27.8 Å². The molecule has 0 bridgehead atoms. The number of methoxy groups -OCH3 is 3. The molecule has 25 heavy (non-hydrogen) atoms. The van der Waals surface area contributed by atoms with Crippen molar-refractivity contribution in [3.05, 3.63) is 17.7 Å². The lowest BCUT2D eigenvalue weighted by Gasteiger charge is -2.18. The summed E-state index contributed by atoms with van der Waals surface area (Å²) in [6, 6.07) is 2.66. The molecule has 0 heterocycles. The molecule has 7 nitrogen and oxygen atoms in total. The number of rotatable bonds is 11. The van der Waals surface area contributed by atoms with E-state index in [0.29, 0.717) is 29.2 Å². The zero-order valence-electron chi connectivity index (χ0n) is 15.3. The lowest BCUT2D eigenvalue weighted by molar-refractivity contribution is -0.137. The van der Waals surface area contributed by atoms with E-state index in [9.17, 15) is 9.59 Å². The SMILES string of the molecule is CCCCCC(CC(=O)O)NC(=O)c1cc(OC)c(OC)c(OC)c1. The smallest absolute Gasteiger partial charge is 0.305 e. The van der Waals surface area contributed by atoms with Crippen molar-refractivity contribution in [1.29, 1.82) is 0 Å². The van der Waals surface area contributed by atoms with Crippen molar-refractivity contribution in [1.82, 2.24) is 5.32 Å². The molecule has 1 atom stereocenters. The van der Waals surface area contributed by atoms with Gasteiger partial charge in [-0.25, -0.2) is 0 Å². The van der Waals surface area contributed by atoms with Gasteiger partial charge in [-0.15, -0.1) is 0 Å². The van der Waals surface area contributed by atoms with Crippen molar-refractivity contribution < 1.29 is 28.9 Å². The van der Waals surface area contributed by atoms with Gasteiger partial charge >= 0.3 is 5.97 Å². The Kier molecular flexibility index (Phi) is 8.60. The summed E-state index contributed by atoms with van der Waals surface area (Å²) in [7, 11) is 4.42. The maximum Gasteiger partial charge on any atom is 0.305 e. The monoisotopic (exact) mass is 353 g/mol. The van der Waals surface area contributed by atoms with E-state index in [-0.39, 0.29) is 12.3 Å². The van der Waals surface area contributed by atoms with Gasteiger partial charge in [-0.3, -0.25) is 9.59 Å². The first-order valence-corrected chi connectivity index (χ1v) is 8.29. The summed E-state index contributed by atoms with van der Waals surface area (Å²) in [6.07, 6.45) is 3.40. The van der Waals surface area contributed by atoms with E-state index in [2.05, 4.69) is 12.2 Å². The van der Waals surface area contributed by atoms with Crippen LogP contribution < -0.4 is 19.5 Å². The van der Waals surface area contributed by atoms with Crippen LogP contribution >= 0.6 is 0 Å². The van der Waals surface area contributed by atoms with Gasteiger partial charge in [-0.2, -0.15) is 0 Å². The highest BCUT2D eigenvalue weighted by Crippen LogP contribution is 2.38. The number of benzene rings is 1. The Morgan fingerprint density at radius 3 is 2.12 bits per heavy atom. The summed E-state index contributed by atoms with van der Waals surface area (Å²) in [4.78, 5) is 23.6. The quantitative estimate of drug-likeness (QED) is 0.594. The van der Waals surface area contributed by atoms with Crippen LogP contribution in [-0.4, -0.2) is 44.4 Å². The van der Waals surface area contributed by atoms with Gasteiger partial charge in [0.2, 0.25) is 5.75 Å². The van der Waals surface area contributed by atoms with Gasteiger partial charge in [-0.1, -0.05) is 26.2 Å². The molecule has 0 aliphatic rings. The van der Waals surface area contributed by atoms with Crippen molar-refractivity contribution >= 4 is 11.9 Å². The van der Waals surface area contributed by atoms with Crippen LogP contribution in [0.3, 0.4) is 0 Å². The maximum absolute atomic E-state index is 12.5. The third-order valence-electron chi connectivity index (χ3n) is 3.84. The fourth-order valence-electron chi connectivity index (χ4n) is 2.56. The van der Waals surface area contributed by atoms with E-state index in [0.717, 1.165) is 19.3 Å². The standard InChI is InChI=1S/C18H27NO6/c1-5-6-7-8-13(11-16(20)21)19-18(22)12-9-14(23-2)17(25-4)15(10-12)24-3/h9-10,13H,5-8,11H2,1-4H3,(H,19,22)(H,20,21). The molecule has 1 amide bonds. The van der Waals surface area contributed by atoms with Crippen molar-refractivity contribution in [2.45, 2.75) is 45.1 Å². The van der Waals surface area contributed by atoms with E-state index >= 15 is 0 Å². The van der Waals surface area contributed by atoms with Crippen molar-refractivity contribution in [3.63, 3.8) is 0 Å². The molecule has 0 aliphatic heterocycles. The number of nitrogens with one attached hydrogen (secondary N) is 1. The van der Waals surface area contributed by atoms with Crippen LogP contribution in [-0.2, 0) is 4.79 Å². The molecule has 1 unspecified atom stereocenters. The van der Waals surface area contributed by atoms with E-state index in [1.54, 1.807) is 12.1 Å². The van der Waals surface area contributed by atoms with Gasteiger partial charge in [0.25, 0.3) is 5.91 Å². The van der Waals surface area contributed by atoms with Crippen LogP contribution in [0.1, 0.15) is 49.4 Å².